The van der Waals surface area contributed by atoms with Crippen molar-refractivity contribution in [3.8, 4) is 22.3 Å². The van der Waals surface area contributed by atoms with Crippen molar-refractivity contribution in [2.24, 2.45) is 0 Å². The van der Waals surface area contributed by atoms with E-state index in [4.69, 9.17) is 40.5 Å². The number of hydrogen-bond donors (Lipinski definition) is 4. The number of aromatic nitrogens is 4. The number of nitrogens with two attached hydrogens (primary N) is 1. The van der Waals surface area contributed by atoms with Crippen molar-refractivity contribution in [3.05, 3.63) is 144 Å². The van der Waals surface area contributed by atoms with Crippen LogP contribution in [0.4, 0.5) is 46.3 Å². The van der Waals surface area contributed by atoms with Gasteiger partial charge in [0.1, 0.15) is 23.3 Å². The molecule has 0 amide bonds. The van der Waals surface area contributed by atoms with Gasteiger partial charge < -0.3 is 30.8 Å². The van der Waals surface area contributed by atoms with Crippen molar-refractivity contribution >= 4 is 63.5 Å². The van der Waals surface area contributed by atoms with E-state index in [0.29, 0.717) is 33.1 Å². The lowest BCUT2D eigenvalue weighted by molar-refractivity contribution is 0.622. The van der Waals surface area contributed by atoms with Gasteiger partial charge in [-0.2, -0.15) is 0 Å². The van der Waals surface area contributed by atoms with Gasteiger partial charge in [0, 0.05) is 61.8 Å². The van der Waals surface area contributed by atoms with Crippen molar-refractivity contribution in [1.82, 2.24) is 19.9 Å². The van der Waals surface area contributed by atoms with Crippen molar-refractivity contribution in [2.75, 3.05) is 49.0 Å². The van der Waals surface area contributed by atoms with Gasteiger partial charge in [-0.05, 0) is 60.7 Å². The molecule has 0 fully saturated rings. The number of nitrogens with zero attached hydrogens (tertiary/aromatic N) is 4. The number of nitrogens with one attached hydrogen (secondary N) is 3. The van der Waals surface area contributed by atoms with E-state index in [1.807, 2.05) is 0 Å². The second kappa shape index (κ2) is 17.8. The van der Waals surface area contributed by atoms with E-state index < -0.39 is 34.4 Å². The lowest BCUT2D eigenvalue weighted by Crippen LogP contribution is -2.20. The zero-order chi connectivity index (χ0) is 39.0. The number of H-pyrrole nitrogens is 2. The number of halogens is 7. The van der Waals surface area contributed by atoms with Crippen LogP contribution >= 0.6 is 34.8 Å². The first kappa shape index (κ1) is 40.2. The highest BCUT2D eigenvalue weighted by Gasteiger charge is 2.17. The van der Waals surface area contributed by atoms with E-state index in [0.717, 1.165) is 12.4 Å². The first-order chi connectivity index (χ1) is 25.1. The van der Waals surface area contributed by atoms with E-state index in [9.17, 15) is 27.2 Å². The molecule has 0 bridgehead atoms. The summed E-state index contributed by atoms with van der Waals surface area (Å²) in [5.41, 5.74) is 6.29. The summed E-state index contributed by atoms with van der Waals surface area (Å²) < 4.78 is 54.0. The summed E-state index contributed by atoms with van der Waals surface area (Å²) in [4.78, 5) is 40.3. The summed E-state index contributed by atoms with van der Waals surface area (Å²) >= 11 is 17.0. The van der Waals surface area contributed by atoms with E-state index in [2.05, 4.69) is 25.3 Å². The normalized spacial score (nSPS) is 10.4. The monoisotopic (exact) mass is 788 g/mol. The molecule has 2 aromatic carbocycles. The predicted octanol–water partition coefficient (Wildman–Crippen LogP) is 8.53. The Balaban J connectivity index is 0.000000202. The molecule has 0 unspecified atom stereocenters. The average molecular weight is 790 g/mol. The number of hydrogen-bond acceptors (Lipinski definition) is 8. The van der Waals surface area contributed by atoms with Crippen LogP contribution < -0.4 is 32.0 Å². The van der Waals surface area contributed by atoms with Crippen LogP contribution in [0.25, 0.3) is 22.3 Å². The quantitative estimate of drug-likeness (QED) is 0.123. The summed E-state index contributed by atoms with van der Waals surface area (Å²) in [6, 6.07) is 13.8. The summed E-state index contributed by atoms with van der Waals surface area (Å²) in [5.74, 6) is -1.24. The zero-order valence-corrected chi connectivity index (χ0v) is 30.7. The second-order valence-corrected chi connectivity index (χ2v) is 12.7. The van der Waals surface area contributed by atoms with Gasteiger partial charge in [-0.3, -0.25) is 19.6 Å². The Morgan fingerprint density at radius 2 is 1.09 bits per heavy atom. The smallest absolute Gasteiger partial charge is 0.257 e. The van der Waals surface area contributed by atoms with Crippen molar-refractivity contribution in [2.45, 2.75) is 0 Å². The van der Waals surface area contributed by atoms with Crippen molar-refractivity contribution < 1.29 is 17.6 Å². The maximum absolute atomic E-state index is 14.2. The van der Waals surface area contributed by atoms with Gasteiger partial charge in [0.15, 0.2) is 11.6 Å². The average Bonchev–Trinajstić information content (AvgIpc) is 3.11. The Kier molecular flexibility index (Phi) is 13.5. The molecule has 0 aliphatic rings. The lowest BCUT2D eigenvalue weighted by atomic mass is 10.1. The van der Waals surface area contributed by atoms with Crippen LogP contribution in [0.3, 0.4) is 0 Å². The molecule has 53 heavy (non-hydrogen) atoms. The third-order valence-corrected chi connectivity index (χ3v) is 7.94. The molecule has 6 aromatic rings. The van der Waals surface area contributed by atoms with Crippen LogP contribution in [0.15, 0.2) is 95.0 Å². The fraction of sp³-hybridized carbons (Fsp3) is 0.111. The van der Waals surface area contributed by atoms with Crippen LogP contribution in [0.1, 0.15) is 0 Å². The van der Waals surface area contributed by atoms with E-state index in [-0.39, 0.29) is 33.0 Å². The molecule has 4 aromatic heterocycles. The Morgan fingerprint density at radius 3 is 1.57 bits per heavy atom. The highest BCUT2D eigenvalue weighted by Crippen LogP contribution is 2.32. The highest BCUT2D eigenvalue weighted by molar-refractivity contribution is 6.31. The Bertz CT molecular complexity index is 2340. The van der Waals surface area contributed by atoms with Crippen LogP contribution in [0.2, 0.25) is 15.1 Å². The summed E-state index contributed by atoms with van der Waals surface area (Å²) in [7, 11) is 6.94. The number of anilines is 5. The fourth-order valence-electron chi connectivity index (χ4n) is 4.66. The number of benzene rings is 2. The van der Waals surface area contributed by atoms with Crippen LogP contribution in [0.5, 0.6) is 0 Å². The fourth-order valence-corrected chi connectivity index (χ4v) is 5.11. The third kappa shape index (κ3) is 10.3. The first-order valence-corrected chi connectivity index (χ1v) is 16.4. The molecule has 0 aliphatic carbocycles. The number of nitrogen functional groups attached to an aromatic ring is 1. The molecule has 0 radical (unpaired) electrons. The lowest BCUT2D eigenvalue weighted by Gasteiger charge is -2.19. The molecule has 6 rings (SSSR count). The second-order valence-electron chi connectivity index (χ2n) is 11.4. The minimum Gasteiger partial charge on any atom is -0.396 e. The topological polar surface area (TPSA) is 136 Å². The van der Waals surface area contributed by atoms with Gasteiger partial charge in [0.05, 0.1) is 45.6 Å². The standard InChI is InChI=1S/C18H15ClF2N4O.C13H13ClFN3O.C5H3ClFN/c1-25(2)17-16(23-15-5-6-22-9-14(15)21)8-12(18(26)24-17)11-7-10(19)3-4-13(11)20;1-18(2)12-11(16)6-9(13(19)17-12)8-5-7(14)3-4-10(8)15;6-4-1-2-8-3-5(4)7/h3-9H,1-2H3,(H,22,23)(H,24,26);3-6H,16H2,1-2H3,(H,17,19);1-3H. The molecular formula is C36H31Cl3F4N8O2. The van der Waals surface area contributed by atoms with E-state index in [1.165, 1.54) is 73.1 Å². The molecule has 0 aliphatic heterocycles. The third-order valence-electron chi connectivity index (χ3n) is 7.17. The summed E-state index contributed by atoms with van der Waals surface area (Å²) in [6.07, 6.45) is 5.01. The number of pyridine rings is 4. The van der Waals surface area contributed by atoms with Gasteiger partial charge in [-0.15, -0.1) is 0 Å². The molecular weight excluding hydrogens is 759 g/mol. The summed E-state index contributed by atoms with van der Waals surface area (Å²) in [6.45, 7) is 0. The van der Waals surface area contributed by atoms with Gasteiger partial charge in [-0.25, -0.2) is 17.6 Å². The number of aromatic amines is 2. The van der Waals surface area contributed by atoms with Crippen LogP contribution in [-0.2, 0) is 0 Å². The minimum atomic E-state index is -0.585. The Labute approximate surface area is 315 Å². The molecule has 0 saturated heterocycles. The molecule has 0 spiro atoms. The molecule has 4 heterocycles. The molecule has 0 saturated carbocycles. The molecule has 10 nitrogen and oxygen atoms in total. The van der Waals surface area contributed by atoms with E-state index in [1.54, 1.807) is 38.0 Å². The zero-order valence-electron chi connectivity index (χ0n) is 28.4. The molecule has 276 valence electrons. The highest BCUT2D eigenvalue weighted by atomic mass is 35.5. The van der Waals surface area contributed by atoms with Crippen molar-refractivity contribution in [1.29, 1.82) is 0 Å². The van der Waals surface area contributed by atoms with Crippen LogP contribution in [0, 0.1) is 23.3 Å². The molecule has 0 atom stereocenters. The first-order valence-electron chi connectivity index (χ1n) is 15.2. The Hall–Kier alpha value is -5.57. The minimum absolute atomic E-state index is 0.0577. The van der Waals surface area contributed by atoms with Gasteiger partial charge >= 0.3 is 0 Å². The van der Waals surface area contributed by atoms with Gasteiger partial charge in [0.2, 0.25) is 0 Å². The molecule has 17 heteroatoms. The van der Waals surface area contributed by atoms with Crippen molar-refractivity contribution in [3.63, 3.8) is 0 Å². The molecule has 5 N–H and O–H groups in total. The number of rotatable bonds is 6. The van der Waals surface area contributed by atoms with Gasteiger partial charge in [0.25, 0.3) is 11.1 Å². The predicted molar refractivity (Wildman–Crippen MR) is 205 cm³/mol. The Morgan fingerprint density at radius 1 is 0.604 bits per heavy atom. The van der Waals surface area contributed by atoms with Gasteiger partial charge in [-0.1, -0.05) is 34.8 Å². The largest absolute Gasteiger partial charge is 0.396 e. The van der Waals surface area contributed by atoms with E-state index >= 15 is 0 Å². The summed E-state index contributed by atoms with van der Waals surface area (Å²) in [5, 5.41) is 3.67. The SMILES string of the molecule is CN(C)c1[nH]c(=O)c(-c2cc(Cl)ccc2F)cc1N.CN(C)c1[nH]c(=O)c(-c2cc(Cl)ccc2F)cc1Nc1ccncc1F.Fc1cnccc1Cl. The maximum atomic E-state index is 14.2. The maximum Gasteiger partial charge on any atom is 0.257 e. The van der Waals surface area contributed by atoms with Crippen LogP contribution in [-0.4, -0.2) is 48.1 Å².